The van der Waals surface area contributed by atoms with Crippen molar-refractivity contribution in [2.24, 2.45) is 4.40 Å². The summed E-state index contributed by atoms with van der Waals surface area (Å²) >= 11 is 0. The number of methoxy groups -OCH3 is 1. The number of nitrogens with zero attached hydrogens (tertiary/aromatic N) is 2. The summed E-state index contributed by atoms with van der Waals surface area (Å²) in [5.74, 6) is 0.513. The van der Waals surface area contributed by atoms with E-state index in [4.69, 9.17) is 4.74 Å². The average molecular weight is 406 g/mol. The summed E-state index contributed by atoms with van der Waals surface area (Å²) in [6.45, 7) is 5.50. The van der Waals surface area contributed by atoms with E-state index in [1.807, 2.05) is 43.0 Å². The van der Waals surface area contributed by atoms with Crippen molar-refractivity contribution in [2.75, 3.05) is 26.8 Å². The Kier molecular flexibility index (Phi) is 6.20. The van der Waals surface area contributed by atoms with Gasteiger partial charge in [0, 0.05) is 38.2 Å². The highest BCUT2D eigenvalue weighted by Gasteiger charge is 2.34. The minimum Gasteiger partial charge on any atom is -0.384 e. The summed E-state index contributed by atoms with van der Waals surface area (Å²) in [7, 11) is -2.13. The minimum absolute atomic E-state index is 0.0150. The number of likely N-dealkylation sites (tertiary alicyclic amines) is 1. The van der Waals surface area contributed by atoms with E-state index >= 15 is 0 Å². The van der Waals surface area contributed by atoms with Crippen LogP contribution in [0.25, 0.3) is 4.91 Å². The zero-order valence-electron chi connectivity index (χ0n) is 16.6. The second-order valence-electron chi connectivity index (χ2n) is 7.28. The van der Waals surface area contributed by atoms with E-state index in [1.165, 1.54) is 0 Å². The third-order valence-electron chi connectivity index (χ3n) is 5.15. The maximum Gasteiger partial charge on any atom is 0.285 e. The van der Waals surface area contributed by atoms with Crippen molar-refractivity contribution >= 4 is 26.7 Å². The fourth-order valence-corrected chi connectivity index (χ4v) is 5.10. The third-order valence-corrected chi connectivity index (χ3v) is 6.62. The number of nitrogens with one attached hydrogen (secondary N) is 1. The Morgan fingerprint density at radius 1 is 1.21 bits per heavy atom. The van der Waals surface area contributed by atoms with Crippen molar-refractivity contribution in [3.8, 4) is 0 Å². The van der Waals surface area contributed by atoms with E-state index in [1.54, 1.807) is 7.11 Å². The predicted octanol–water partition coefficient (Wildman–Crippen LogP) is 2.09. The summed E-state index contributed by atoms with van der Waals surface area (Å²) in [4.78, 5) is 14.1. The van der Waals surface area contributed by atoms with Gasteiger partial charge >= 0.3 is 0 Å². The normalized spacial score (nSPS) is 19.7. The first-order valence-electron chi connectivity index (χ1n) is 9.48. The number of sulfonamides is 1. The van der Waals surface area contributed by atoms with Gasteiger partial charge in [-0.05, 0) is 32.3 Å². The van der Waals surface area contributed by atoms with E-state index in [9.17, 15) is 13.2 Å². The van der Waals surface area contributed by atoms with Crippen LogP contribution in [0.5, 0.6) is 0 Å². The molecule has 0 bridgehead atoms. The zero-order valence-corrected chi connectivity index (χ0v) is 17.4. The second-order valence-corrected chi connectivity index (χ2v) is 8.82. The maximum absolute atomic E-state index is 12.7. The van der Waals surface area contributed by atoms with Gasteiger partial charge < -0.3 is 15.0 Å². The number of piperidine rings is 1. The van der Waals surface area contributed by atoms with Crippen LogP contribution in [0.3, 0.4) is 0 Å². The Hall–Kier alpha value is -2.19. The Labute approximate surface area is 166 Å². The topological polar surface area (TPSA) is 88.1 Å². The predicted molar refractivity (Wildman–Crippen MR) is 109 cm³/mol. The van der Waals surface area contributed by atoms with Crippen LogP contribution in [-0.2, 0) is 19.6 Å². The Balaban J connectivity index is 1.70. The molecular weight excluding hydrogens is 378 g/mol. The van der Waals surface area contributed by atoms with E-state index in [0.29, 0.717) is 43.1 Å². The van der Waals surface area contributed by atoms with Crippen LogP contribution in [0.2, 0.25) is 0 Å². The van der Waals surface area contributed by atoms with Gasteiger partial charge in [0.25, 0.3) is 10.0 Å². The molecule has 1 saturated heterocycles. The van der Waals surface area contributed by atoms with Crippen LogP contribution in [0.4, 0.5) is 0 Å². The van der Waals surface area contributed by atoms with Crippen LogP contribution in [-0.4, -0.2) is 57.9 Å². The van der Waals surface area contributed by atoms with E-state index in [-0.39, 0.29) is 16.9 Å². The molecule has 152 valence electrons. The number of amidine groups is 1. The summed E-state index contributed by atoms with van der Waals surface area (Å²) in [6, 6.07) is 7.56. The Morgan fingerprint density at radius 3 is 2.46 bits per heavy atom. The molecule has 8 heteroatoms. The summed E-state index contributed by atoms with van der Waals surface area (Å²) in [5.41, 5.74) is 2.43. The quantitative estimate of drug-likeness (QED) is 0.810. The fourth-order valence-electron chi connectivity index (χ4n) is 3.62. The average Bonchev–Trinajstić information content (AvgIpc) is 2.90. The van der Waals surface area contributed by atoms with Crippen molar-refractivity contribution in [3.05, 3.63) is 41.0 Å². The van der Waals surface area contributed by atoms with Gasteiger partial charge in [-0.1, -0.05) is 29.8 Å². The molecule has 7 nitrogen and oxygen atoms in total. The van der Waals surface area contributed by atoms with E-state index in [0.717, 1.165) is 18.4 Å². The Bertz CT molecular complexity index is 896. The van der Waals surface area contributed by atoms with E-state index in [2.05, 4.69) is 9.71 Å². The van der Waals surface area contributed by atoms with Gasteiger partial charge in [0.05, 0.1) is 6.61 Å². The maximum atomic E-state index is 12.7. The number of rotatable bonds is 5. The zero-order chi connectivity index (χ0) is 20.3. The molecule has 28 heavy (non-hydrogen) atoms. The van der Waals surface area contributed by atoms with Gasteiger partial charge in [-0.25, -0.2) is 0 Å². The smallest absolute Gasteiger partial charge is 0.285 e. The lowest BCUT2D eigenvalue weighted by Gasteiger charge is -2.33. The van der Waals surface area contributed by atoms with Crippen molar-refractivity contribution in [1.82, 2.24) is 10.2 Å². The third kappa shape index (κ3) is 4.44. The fraction of sp³-hybridized carbons (Fsp3) is 0.500. The van der Waals surface area contributed by atoms with Gasteiger partial charge in [-0.3, -0.25) is 4.79 Å². The molecule has 1 amide bonds. The van der Waals surface area contributed by atoms with Gasteiger partial charge in [0.15, 0.2) is 0 Å². The molecule has 1 fully saturated rings. The van der Waals surface area contributed by atoms with Crippen molar-refractivity contribution in [2.45, 2.75) is 39.2 Å². The first-order chi connectivity index (χ1) is 13.3. The van der Waals surface area contributed by atoms with Crippen molar-refractivity contribution in [3.63, 3.8) is 0 Å². The van der Waals surface area contributed by atoms with Crippen LogP contribution < -0.4 is 5.32 Å². The first kappa shape index (κ1) is 20.5. The molecule has 0 radical (unpaired) electrons. The highest BCUT2D eigenvalue weighted by atomic mass is 32.2. The molecule has 1 aromatic rings. The molecule has 2 aliphatic rings. The van der Waals surface area contributed by atoms with Crippen LogP contribution in [0, 0.1) is 6.92 Å². The van der Waals surface area contributed by atoms with Gasteiger partial charge in [-0.2, -0.15) is 8.42 Å². The summed E-state index contributed by atoms with van der Waals surface area (Å²) in [6.07, 6.45) is 1.86. The van der Waals surface area contributed by atoms with Crippen LogP contribution >= 0.6 is 0 Å². The van der Waals surface area contributed by atoms with Crippen LogP contribution in [0.15, 0.2) is 34.2 Å². The van der Waals surface area contributed by atoms with Crippen molar-refractivity contribution in [1.29, 1.82) is 0 Å². The van der Waals surface area contributed by atoms with Crippen LogP contribution in [0.1, 0.15) is 37.3 Å². The number of carbonyl (C=O) groups is 1. The molecule has 0 saturated carbocycles. The summed E-state index contributed by atoms with van der Waals surface area (Å²) in [5, 5.41) is 3.02. The molecular formula is C20H27N3O4S. The largest absolute Gasteiger partial charge is 0.384 e. The molecule has 0 aliphatic carbocycles. The van der Waals surface area contributed by atoms with Gasteiger partial charge in [0.1, 0.15) is 10.7 Å². The highest BCUT2D eigenvalue weighted by Crippen LogP contribution is 2.34. The van der Waals surface area contributed by atoms with Crippen molar-refractivity contribution < 1.29 is 17.9 Å². The molecule has 3 rings (SSSR count). The number of aryl methyl sites for hydroxylation is 1. The summed E-state index contributed by atoms with van der Waals surface area (Å²) < 4.78 is 34.4. The second kappa shape index (κ2) is 8.45. The lowest BCUT2D eigenvalue weighted by atomic mass is 10.0. The number of ether oxygens (including phenoxy) is 1. The molecule has 2 aliphatic heterocycles. The molecule has 1 aromatic carbocycles. The molecule has 0 aromatic heterocycles. The molecule has 0 unspecified atom stereocenters. The molecule has 0 atom stereocenters. The lowest BCUT2D eigenvalue weighted by Crippen LogP contribution is -2.46. The SMILES string of the molecule is COCCC(=O)NC1CCN(C2=NS(=O)(=O)C(c3ccc(C)cc3)=C2C)CC1. The number of hydrogen-bond acceptors (Lipinski definition) is 5. The molecule has 1 N–H and O–H groups in total. The Morgan fingerprint density at radius 2 is 1.86 bits per heavy atom. The molecule has 0 spiro atoms. The monoisotopic (exact) mass is 405 g/mol. The first-order valence-corrected chi connectivity index (χ1v) is 10.9. The number of benzene rings is 1. The minimum atomic E-state index is -3.70. The van der Waals surface area contributed by atoms with Gasteiger partial charge in [0.2, 0.25) is 5.91 Å². The standard InChI is InChI=1S/C20H27N3O4S/c1-14-4-6-16(7-5-14)19-15(2)20(22-28(19,25)26)23-11-8-17(9-12-23)21-18(24)10-13-27-3/h4-7,17H,8-13H2,1-3H3,(H,21,24). The lowest BCUT2D eigenvalue weighted by molar-refractivity contribution is -0.122. The van der Waals surface area contributed by atoms with Gasteiger partial charge in [-0.15, -0.1) is 4.40 Å². The highest BCUT2D eigenvalue weighted by molar-refractivity contribution is 8.00. The molecule has 2 heterocycles. The number of hydrogen-bond donors (Lipinski definition) is 1. The van der Waals surface area contributed by atoms with E-state index < -0.39 is 10.0 Å². The number of amides is 1. The number of carbonyl (C=O) groups excluding carboxylic acids is 1.